The van der Waals surface area contributed by atoms with Crippen LogP contribution < -0.4 is 5.43 Å². The van der Waals surface area contributed by atoms with Gasteiger partial charge in [-0.2, -0.15) is 5.10 Å². The highest BCUT2D eigenvalue weighted by Gasteiger charge is 2.12. The van der Waals surface area contributed by atoms with E-state index in [-0.39, 0.29) is 5.71 Å². The summed E-state index contributed by atoms with van der Waals surface area (Å²) in [6.45, 7) is 1.50. The van der Waals surface area contributed by atoms with Crippen LogP contribution in [0.25, 0.3) is 0 Å². The normalized spacial score (nSPS) is 19.9. The number of carboxylic acid groups (broad SMARTS) is 1. The molecule has 0 bridgehead atoms. The van der Waals surface area contributed by atoms with Gasteiger partial charge < -0.3 is 10.5 Å². The van der Waals surface area contributed by atoms with Crippen molar-refractivity contribution in [1.29, 1.82) is 0 Å². The van der Waals surface area contributed by atoms with E-state index in [9.17, 15) is 4.79 Å². The zero-order valence-electron chi connectivity index (χ0n) is 7.92. The van der Waals surface area contributed by atoms with Crippen molar-refractivity contribution in [2.75, 3.05) is 0 Å². The molecule has 0 spiro atoms. The van der Waals surface area contributed by atoms with Crippen molar-refractivity contribution in [3.8, 4) is 0 Å². The molecule has 0 atom stereocenters. The highest BCUT2D eigenvalue weighted by atomic mass is 16.4. The van der Waals surface area contributed by atoms with Crippen LogP contribution in [-0.2, 0) is 4.79 Å². The van der Waals surface area contributed by atoms with Crippen molar-refractivity contribution in [3.63, 3.8) is 0 Å². The van der Waals surface area contributed by atoms with E-state index in [0.29, 0.717) is 6.04 Å². The van der Waals surface area contributed by atoms with Crippen molar-refractivity contribution in [3.05, 3.63) is 0 Å². The lowest BCUT2D eigenvalue weighted by atomic mass is 9.96. The molecular formula is C9H16N2O2. The second kappa shape index (κ2) is 4.84. The Balaban J connectivity index is 2.31. The van der Waals surface area contributed by atoms with Gasteiger partial charge in [-0.3, -0.25) is 0 Å². The highest BCUT2D eigenvalue weighted by Crippen LogP contribution is 2.17. The monoisotopic (exact) mass is 184 g/mol. The Labute approximate surface area is 78.0 Å². The number of hydrogen-bond donors (Lipinski definition) is 2. The van der Waals surface area contributed by atoms with Crippen LogP contribution in [0.15, 0.2) is 5.10 Å². The molecule has 0 amide bonds. The average Bonchev–Trinajstić information content (AvgIpc) is 2.15. The number of nitrogens with one attached hydrogen (secondary N) is 1. The van der Waals surface area contributed by atoms with Gasteiger partial charge in [0.15, 0.2) is 0 Å². The summed E-state index contributed by atoms with van der Waals surface area (Å²) in [4.78, 5) is 10.4. The lowest BCUT2D eigenvalue weighted by molar-refractivity contribution is -0.129. The highest BCUT2D eigenvalue weighted by molar-refractivity contribution is 6.34. The summed E-state index contributed by atoms with van der Waals surface area (Å²) in [5.74, 6) is -0.955. The van der Waals surface area contributed by atoms with Gasteiger partial charge in [0.25, 0.3) is 0 Å². The lowest BCUT2D eigenvalue weighted by Crippen LogP contribution is -2.28. The van der Waals surface area contributed by atoms with E-state index < -0.39 is 5.97 Å². The van der Waals surface area contributed by atoms with Gasteiger partial charge in [0, 0.05) is 6.04 Å². The van der Waals surface area contributed by atoms with Gasteiger partial charge in [-0.1, -0.05) is 19.3 Å². The number of hydrazone groups is 1. The molecule has 1 aliphatic rings. The quantitative estimate of drug-likeness (QED) is 0.514. The van der Waals surface area contributed by atoms with Crippen LogP contribution in [0.2, 0.25) is 0 Å². The molecule has 0 heterocycles. The van der Waals surface area contributed by atoms with Gasteiger partial charge in [-0.05, 0) is 19.8 Å². The molecule has 1 fully saturated rings. The molecule has 0 radical (unpaired) electrons. The predicted octanol–water partition coefficient (Wildman–Crippen LogP) is 1.37. The van der Waals surface area contributed by atoms with Gasteiger partial charge in [0.05, 0.1) is 0 Å². The van der Waals surface area contributed by atoms with Crippen LogP contribution in [0.1, 0.15) is 39.0 Å². The largest absolute Gasteiger partial charge is 0.477 e. The zero-order valence-corrected chi connectivity index (χ0v) is 7.92. The summed E-state index contributed by atoms with van der Waals surface area (Å²) < 4.78 is 0. The Bertz CT molecular complexity index is 208. The van der Waals surface area contributed by atoms with Gasteiger partial charge >= 0.3 is 5.97 Å². The van der Waals surface area contributed by atoms with Crippen LogP contribution >= 0.6 is 0 Å². The summed E-state index contributed by atoms with van der Waals surface area (Å²) in [6.07, 6.45) is 5.95. The fraction of sp³-hybridized carbons (Fsp3) is 0.778. The minimum Gasteiger partial charge on any atom is -0.477 e. The summed E-state index contributed by atoms with van der Waals surface area (Å²) in [5, 5.41) is 12.4. The van der Waals surface area contributed by atoms with E-state index in [1.807, 2.05) is 0 Å². The molecular weight excluding hydrogens is 168 g/mol. The molecule has 0 aliphatic heterocycles. The average molecular weight is 184 g/mol. The Kier molecular flexibility index (Phi) is 3.73. The Morgan fingerprint density at radius 2 is 2.00 bits per heavy atom. The molecule has 74 valence electrons. The Morgan fingerprint density at radius 1 is 1.38 bits per heavy atom. The Hall–Kier alpha value is -1.06. The van der Waals surface area contributed by atoms with E-state index in [4.69, 9.17) is 5.11 Å². The number of hydrogen-bond acceptors (Lipinski definition) is 3. The van der Waals surface area contributed by atoms with Crippen LogP contribution in [-0.4, -0.2) is 22.8 Å². The van der Waals surface area contributed by atoms with Crippen molar-refractivity contribution in [1.82, 2.24) is 5.43 Å². The van der Waals surface area contributed by atoms with E-state index in [0.717, 1.165) is 12.8 Å². The first kappa shape index (κ1) is 10.0. The third kappa shape index (κ3) is 3.44. The second-order valence-corrected chi connectivity index (χ2v) is 3.47. The molecule has 0 unspecified atom stereocenters. The van der Waals surface area contributed by atoms with Gasteiger partial charge in [-0.25, -0.2) is 4.79 Å². The molecule has 1 rings (SSSR count). The number of nitrogens with zero attached hydrogens (tertiary/aromatic N) is 1. The number of carbonyl (C=O) groups is 1. The maximum Gasteiger partial charge on any atom is 0.351 e. The fourth-order valence-electron chi connectivity index (χ4n) is 1.47. The topological polar surface area (TPSA) is 61.7 Å². The van der Waals surface area contributed by atoms with E-state index in [1.165, 1.54) is 26.2 Å². The summed E-state index contributed by atoms with van der Waals surface area (Å²) in [7, 11) is 0. The zero-order chi connectivity index (χ0) is 9.68. The van der Waals surface area contributed by atoms with Gasteiger partial charge in [-0.15, -0.1) is 0 Å². The first-order valence-electron chi connectivity index (χ1n) is 4.73. The van der Waals surface area contributed by atoms with Crippen molar-refractivity contribution in [2.24, 2.45) is 5.10 Å². The van der Waals surface area contributed by atoms with E-state index >= 15 is 0 Å². The minimum absolute atomic E-state index is 0.130. The predicted molar refractivity (Wildman–Crippen MR) is 50.8 cm³/mol. The number of carboxylic acids is 1. The van der Waals surface area contributed by atoms with Crippen LogP contribution in [0.5, 0.6) is 0 Å². The molecule has 1 saturated carbocycles. The number of aliphatic carboxylic acids is 1. The van der Waals surface area contributed by atoms with E-state index in [2.05, 4.69) is 10.5 Å². The van der Waals surface area contributed by atoms with Crippen LogP contribution in [0.4, 0.5) is 0 Å². The maximum absolute atomic E-state index is 10.4. The fourth-order valence-corrected chi connectivity index (χ4v) is 1.47. The first-order valence-corrected chi connectivity index (χ1v) is 4.73. The number of rotatable bonds is 3. The molecule has 0 saturated heterocycles. The summed E-state index contributed by atoms with van der Waals surface area (Å²) in [5.41, 5.74) is 3.04. The molecule has 4 nitrogen and oxygen atoms in total. The standard InChI is InChI=1S/C9H16N2O2/c1-7(9(12)13)10-11-8-5-3-2-4-6-8/h8,11H,2-6H2,1H3,(H,12,13). The first-order chi connectivity index (χ1) is 6.20. The summed E-state index contributed by atoms with van der Waals surface area (Å²) >= 11 is 0. The third-order valence-corrected chi connectivity index (χ3v) is 2.33. The van der Waals surface area contributed by atoms with Gasteiger partial charge in [0.1, 0.15) is 5.71 Å². The van der Waals surface area contributed by atoms with Gasteiger partial charge in [0.2, 0.25) is 0 Å². The molecule has 0 aromatic carbocycles. The maximum atomic E-state index is 10.4. The summed E-state index contributed by atoms with van der Waals surface area (Å²) in [6, 6.07) is 0.378. The van der Waals surface area contributed by atoms with Crippen molar-refractivity contribution < 1.29 is 9.90 Å². The van der Waals surface area contributed by atoms with Crippen LogP contribution in [0, 0.1) is 0 Å². The molecule has 4 heteroatoms. The SMILES string of the molecule is CC(=NNC1CCCCC1)C(=O)O. The van der Waals surface area contributed by atoms with Crippen molar-refractivity contribution >= 4 is 11.7 Å². The third-order valence-electron chi connectivity index (χ3n) is 2.33. The lowest BCUT2D eigenvalue weighted by Gasteiger charge is -2.20. The molecule has 0 aromatic heterocycles. The van der Waals surface area contributed by atoms with Crippen LogP contribution in [0.3, 0.4) is 0 Å². The van der Waals surface area contributed by atoms with Crippen molar-refractivity contribution in [2.45, 2.75) is 45.1 Å². The molecule has 2 N–H and O–H groups in total. The molecule has 0 aromatic rings. The molecule has 13 heavy (non-hydrogen) atoms. The smallest absolute Gasteiger partial charge is 0.351 e. The molecule has 1 aliphatic carbocycles. The van der Waals surface area contributed by atoms with E-state index in [1.54, 1.807) is 0 Å². The second-order valence-electron chi connectivity index (χ2n) is 3.47. The minimum atomic E-state index is -0.955. The Morgan fingerprint density at radius 3 is 2.54 bits per heavy atom.